The van der Waals surface area contributed by atoms with Gasteiger partial charge in [0.25, 0.3) is 0 Å². The van der Waals surface area contributed by atoms with Gasteiger partial charge in [-0.25, -0.2) is 4.79 Å². The number of benzene rings is 2. The molecule has 2 aromatic carbocycles. The molecule has 0 saturated carbocycles. The highest BCUT2D eigenvalue weighted by Crippen LogP contribution is 2.32. The molecule has 0 aliphatic heterocycles. The molecule has 0 aliphatic carbocycles. The third-order valence-electron chi connectivity index (χ3n) is 3.00. The Kier molecular flexibility index (Phi) is 6.60. The Labute approximate surface area is 155 Å². The van der Waals surface area contributed by atoms with Crippen LogP contribution in [0.2, 0.25) is 0 Å². The minimum atomic E-state index is -1.87. The Morgan fingerprint density at radius 3 is 2.46 bits per heavy atom. The Bertz CT molecular complexity index is 674. The zero-order valence-corrected chi connectivity index (χ0v) is 15.1. The molecule has 0 saturated heterocycles. The van der Waals surface area contributed by atoms with Crippen LogP contribution >= 0.6 is 34.8 Å². The molecule has 1 unspecified atom stereocenters. The zero-order chi connectivity index (χ0) is 17.6. The van der Waals surface area contributed by atoms with Crippen LogP contribution in [0.1, 0.15) is 11.1 Å². The SMILES string of the molecule is Cc1cccc(OC(NC(=O)OCc2ccccc2)C(Cl)(Cl)Cl)c1. The molecule has 2 aromatic rings. The molecular formula is C17H16Cl3NO3. The minimum Gasteiger partial charge on any atom is -0.466 e. The first kappa shape index (κ1) is 18.7. The highest BCUT2D eigenvalue weighted by molar-refractivity contribution is 6.68. The van der Waals surface area contributed by atoms with Gasteiger partial charge >= 0.3 is 6.09 Å². The van der Waals surface area contributed by atoms with Crippen LogP contribution in [0, 0.1) is 6.92 Å². The summed E-state index contributed by atoms with van der Waals surface area (Å²) in [6, 6.07) is 16.4. The Hall–Kier alpha value is -1.62. The molecule has 0 bridgehead atoms. The quantitative estimate of drug-likeness (QED) is 0.579. The molecule has 7 heteroatoms. The van der Waals surface area contributed by atoms with Gasteiger partial charge in [0.15, 0.2) is 0 Å². The molecule has 1 atom stereocenters. The van der Waals surface area contributed by atoms with Crippen molar-refractivity contribution in [2.24, 2.45) is 0 Å². The van der Waals surface area contributed by atoms with E-state index in [0.717, 1.165) is 11.1 Å². The van der Waals surface area contributed by atoms with E-state index in [4.69, 9.17) is 44.3 Å². The van der Waals surface area contributed by atoms with Crippen LogP contribution < -0.4 is 10.1 Å². The van der Waals surface area contributed by atoms with Crippen molar-refractivity contribution in [2.75, 3.05) is 0 Å². The van der Waals surface area contributed by atoms with Gasteiger partial charge in [-0.1, -0.05) is 77.3 Å². The molecule has 1 N–H and O–H groups in total. The van der Waals surface area contributed by atoms with Crippen molar-refractivity contribution in [2.45, 2.75) is 23.6 Å². The third-order valence-corrected chi connectivity index (χ3v) is 3.60. The minimum absolute atomic E-state index is 0.101. The van der Waals surface area contributed by atoms with E-state index < -0.39 is 16.1 Å². The number of ether oxygens (including phenoxy) is 2. The second kappa shape index (κ2) is 8.47. The summed E-state index contributed by atoms with van der Waals surface area (Å²) in [5.74, 6) is 0.467. The number of halogens is 3. The van der Waals surface area contributed by atoms with Gasteiger partial charge in [-0.2, -0.15) is 0 Å². The van der Waals surface area contributed by atoms with E-state index >= 15 is 0 Å². The molecular weight excluding hydrogens is 373 g/mol. The number of rotatable bonds is 5. The van der Waals surface area contributed by atoms with E-state index in [1.165, 1.54) is 0 Å². The van der Waals surface area contributed by atoms with Crippen LogP contribution in [0.3, 0.4) is 0 Å². The molecule has 4 nitrogen and oxygen atoms in total. The number of hydrogen-bond donors (Lipinski definition) is 1. The summed E-state index contributed by atoms with van der Waals surface area (Å²) in [5, 5.41) is 2.42. The fourth-order valence-electron chi connectivity index (χ4n) is 1.87. The maximum Gasteiger partial charge on any atom is 0.410 e. The second-order valence-electron chi connectivity index (χ2n) is 5.06. The van der Waals surface area contributed by atoms with Gasteiger partial charge in [0.1, 0.15) is 12.4 Å². The van der Waals surface area contributed by atoms with E-state index in [1.807, 2.05) is 43.3 Å². The van der Waals surface area contributed by atoms with Gasteiger partial charge in [-0.15, -0.1) is 0 Å². The lowest BCUT2D eigenvalue weighted by molar-refractivity contribution is 0.106. The summed E-state index contributed by atoms with van der Waals surface area (Å²) in [5.41, 5.74) is 1.82. The van der Waals surface area contributed by atoms with Crippen molar-refractivity contribution >= 4 is 40.9 Å². The Balaban J connectivity index is 1.97. The lowest BCUT2D eigenvalue weighted by atomic mass is 10.2. The van der Waals surface area contributed by atoms with Crippen molar-refractivity contribution in [1.29, 1.82) is 0 Å². The first-order chi connectivity index (χ1) is 11.3. The van der Waals surface area contributed by atoms with E-state index in [0.29, 0.717) is 5.75 Å². The topological polar surface area (TPSA) is 47.6 Å². The molecule has 0 aliphatic rings. The normalized spacial score (nSPS) is 12.3. The predicted octanol–water partition coefficient (Wildman–Crippen LogP) is 5.00. The first-order valence-corrected chi connectivity index (χ1v) is 8.25. The van der Waals surface area contributed by atoms with Crippen molar-refractivity contribution in [3.63, 3.8) is 0 Å². The average molecular weight is 389 g/mol. The largest absolute Gasteiger partial charge is 0.466 e. The molecule has 0 spiro atoms. The van der Waals surface area contributed by atoms with Crippen LogP contribution in [0.15, 0.2) is 54.6 Å². The Morgan fingerprint density at radius 2 is 1.83 bits per heavy atom. The molecule has 1 amide bonds. The van der Waals surface area contributed by atoms with Crippen molar-refractivity contribution < 1.29 is 14.3 Å². The van der Waals surface area contributed by atoms with Crippen molar-refractivity contribution in [3.8, 4) is 5.75 Å². The van der Waals surface area contributed by atoms with Crippen LogP contribution in [-0.2, 0) is 11.3 Å². The average Bonchev–Trinajstić information content (AvgIpc) is 2.52. The lowest BCUT2D eigenvalue weighted by Gasteiger charge is -2.26. The first-order valence-electron chi connectivity index (χ1n) is 7.12. The number of nitrogens with one attached hydrogen (secondary N) is 1. The summed E-state index contributed by atoms with van der Waals surface area (Å²) in [6.07, 6.45) is -1.95. The van der Waals surface area contributed by atoms with Gasteiger partial charge in [0, 0.05) is 0 Å². The van der Waals surface area contributed by atoms with Gasteiger partial charge in [-0.3, -0.25) is 5.32 Å². The summed E-state index contributed by atoms with van der Waals surface area (Å²) in [4.78, 5) is 11.9. The van der Waals surface area contributed by atoms with Crippen LogP contribution in [0.5, 0.6) is 5.75 Å². The number of alkyl halides is 3. The molecule has 0 aromatic heterocycles. The number of carbonyl (C=O) groups excluding carboxylic acids is 1. The highest BCUT2D eigenvalue weighted by Gasteiger charge is 2.36. The fourth-order valence-corrected chi connectivity index (χ4v) is 2.17. The summed E-state index contributed by atoms with van der Waals surface area (Å²) in [6.45, 7) is 2.00. The summed E-state index contributed by atoms with van der Waals surface area (Å²) < 4.78 is 8.82. The Morgan fingerprint density at radius 1 is 1.12 bits per heavy atom. The molecule has 2 rings (SSSR count). The van der Waals surface area contributed by atoms with E-state index in [-0.39, 0.29) is 6.61 Å². The van der Waals surface area contributed by atoms with Crippen molar-refractivity contribution in [3.05, 3.63) is 65.7 Å². The van der Waals surface area contributed by atoms with Gasteiger partial charge in [0.2, 0.25) is 10.0 Å². The highest BCUT2D eigenvalue weighted by atomic mass is 35.6. The predicted molar refractivity (Wildman–Crippen MR) is 95.6 cm³/mol. The van der Waals surface area contributed by atoms with E-state index in [2.05, 4.69) is 5.32 Å². The number of aryl methyl sites for hydroxylation is 1. The zero-order valence-electron chi connectivity index (χ0n) is 12.8. The second-order valence-corrected chi connectivity index (χ2v) is 7.43. The molecule has 0 radical (unpaired) electrons. The number of hydrogen-bond acceptors (Lipinski definition) is 3. The van der Waals surface area contributed by atoms with Crippen LogP contribution in [-0.4, -0.2) is 16.1 Å². The maximum atomic E-state index is 11.9. The number of amides is 1. The molecule has 0 heterocycles. The number of carbonyl (C=O) groups is 1. The van der Waals surface area contributed by atoms with Gasteiger partial charge in [-0.05, 0) is 30.2 Å². The third kappa shape index (κ3) is 6.11. The van der Waals surface area contributed by atoms with Crippen molar-refractivity contribution in [1.82, 2.24) is 5.32 Å². The summed E-state index contributed by atoms with van der Waals surface area (Å²) in [7, 11) is 0. The standard InChI is InChI=1S/C17H16Cl3NO3/c1-12-6-5-9-14(10-12)24-15(17(18,19)20)21-16(22)23-11-13-7-3-2-4-8-13/h2-10,15H,11H2,1H3,(H,21,22). The molecule has 128 valence electrons. The van der Waals surface area contributed by atoms with Crippen LogP contribution in [0.4, 0.5) is 4.79 Å². The van der Waals surface area contributed by atoms with E-state index in [9.17, 15) is 4.79 Å². The number of alkyl carbamates (subject to hydrolysis) is 1. The van der Waals surface area contributed by atoms with Gasteiger partial charge in [0.05, 0.1) is 0 Å². The smallest absolute Gasteiger partial charge is 0.410 e. The molecule has 24 heavy (non-hydrogen) atoms. The van der Waals surface area contributed by atoms with Gasteiger partial charge < -0.3 is 9.47 Å². The lowest BCUT2D eigenvalue weighted by Crippen LogP contribution is -2.48. The monoisotopic (exact) mass is 387 g/mol. The van der Waals surface area contributed by atoms with Crippen LogP contribution in [0.25, 0.3) is 0 Å². The summed E-state index contributed by atoms with van der Waals surface area (Å²) >= 11 is 17.7. The fraction of sp³-hybridized carbons (Fsp3) is 0.235. The van der Waals surface area contributed by atoms with E-state index in [1.54, 1.807) is 18.2 Å². The molecule has 0 fully saturated rings. The maximum absolute atomic E-state index is 11.9.